The Balaban J connectivity index is 1.40. The van der Waals surface area contributed by atoms with E-state index in [1.807, 2.05) is 0 Å². The second kappa shape index (κ2) is 9.18. The number of ether oxygens (including phenoxy) is 1. The molecule has 32 heavy (non-hydrogen) atoms. The quantitative estimate of drug-likeness (QED) is 0.537. The number of hydrogen-bond acceptors (Lipinski definition) is 8. The Morgan fingerprint density at radius 3 is 2.56 bits per heavy atom. The Hall–Kier alpha value is -3.09. The molecule has 4 rings (SSSR count). The highest BCUT2D eigenvalue weighted by molar-refractivity contribution is 7.89. The molecule has 3 heterocycles. The molecule has 0 atom stereocenters. The molecular weight excluding hydrogens is 434 g/mol. The first-order valence-electron chi connectivity index (χ1n) is 10.2. The highest BCUT2D eigenvalue weighted by Crippen LogP contribution is 2.23. The number of amides is 1. The van der Waals surface area contributed by atoms with Crippen LogP contribution in [0.3, 0.4) is 0 Å². The third-order valence-electron chi connectivity index (χ3n) is 5.23. The van der Waals surface area contributed by atoms with Gasteiger partial charge in [0, 0.05) is 39.3 Å². The molecule has 1 aliphatic rings. The van der Waals surface area contributed by atoms with E-state index in [4.69, 9.17) is 4.74 Å². The third-order valence-corrected chi connectivity index (χ3v) is 7.06. The van der Waals surface area contributed by atoms with E-state index in [1.54, 1.807) is 10.9 Å². The van der Waals surface area contributed by atoms with Crippen molar-refractivity contribution in [1.29, 1.82) is 0 Å². The fraction of sp³-hybridized carbons (Fsp3) is 0.400. The predicted molar refractivity (Wildman–Crippen MR) is 118 cm³/mol. The van der Waals surface area contributed by atoms with Crippen LogP contribution in [0.5, 0.6) is 0 Å². The first kappa shape index (κ1) is 22.1. The molecule has 1 saturated heterocycles. The summed E-state index contributed by atoms with van der Waals surface area (Å²) in [5.74, 6) is 0.542. The number of sulfonamides is 1. The number of anilines is 1. The van der Waals surface area contributed by atoms with Crippen LogP contribution >= 0.6 is 0 Å². The summed E-state index contributed by atoms with van der Waals surface area (Å²) >= 11 is 0. The standard InChI is InChI=1S/C20H25N7O4S/c1-25(2)32(29,30)16-5-3-15(4-6-16)20(28)21-7-8-27-19-17(13-24-27)18(22-14-23-19)26-9-11-31-12-10-26/h3-6,13-14H,7-12H2,1-2H3,(H,21,28). The molecule has 11 nitrogen and oxygen atoms in total. The summed E-state index contributed by atoms with van der Waals surface area (Å²) in [6.07, 6.45) is 3.26. The molecule has 2 aromatic heterocycles. The van der Waals surface area contributed by atoms with Crippen LogP contribution in [0.25, 0.3) is 11.0 Å². The fourth-order valence-electron chi connectivity index (χ4n) is 3.44. The van der Waals surface area contributed by atoms with Gasteiger partial charge in [0.2, 0.25) is 10.0 Å². The maximum Gasteiger partial charge on any atom is 0.251 e. The van der Waals surface area contributed by atoms with E-state index in [0.717, 1.165) is 28.6 Å². The maximum absolute atomic E-state index is 12.4. The largest absolute Gasteiger partial charge is 0.378 e. The Labute approximate surface area is 186 Å². The van der Waals surface area contributed by atoms with E-state index >= 15 is 0 Å². The van der Waals surface area contributed by atoms with Crippen molar-refractivity contribution in [2.75, 3.05) is 51.8 Å². The molecule has 1 fully saturated rings. The van der Waals surface area contributed by atoms with Crippen LogP contribution in [-0.4, -0.2) is 85.3 Å². The lowest BCUT2D eigenvalue weighted by Gasteiger charge is -2.27. The Bertz CT molecular complexity index is 1200. The van der Waals surface area contributed by atoms with Gasteiger partial charge in [0.25, 0.3) is 5.91 Å². The first-order valence-corrected chi connectivity index (χ1v) is 11.6. The van der Waals surface area contributed by atoms with Crippen LogP contribution in [0.1, 0.15) is 10.4 Å². The van der Waals surface area contributed by atoms with Crippen molar-refractivity contribution in [3.63, 3.8) is 0 Å². The molecule has 1 N–H and O–H groups in total. The van der Waals surface area contributed by atoms with Gasteiger partial charge in [-0.1, -0.05) is 0 Å². The SMILES string of the molecule is CN(C)S(=O)(=O)c1ccc(C(=O)NCCn2ncc3c(N4CCOCC4)ncnc32)cc1. The van der Waals surface area contributed by atoms with Crippen molar-refractivity contribution in [1.82, 2.24) is 29.4 Å². The van der Waals surface area contributed by atoms with Crippen LogP contribution < -0.4 is 10.2 Å². The summed E-state index contributed by atoms with van der Waals surface area (Å²) in [6.45, 7) is 3.62. The Morgan fingerprint density at radius 2 is 1.88 bits per heavy atom. The first-order chi connectivity index (χ1) is 15.4. The van der Waals surface area contributed by atoms with Crippen molar-refractivity contribution >= 4 is 32.8 Å². The monoisotopic (exact) mass is 459 g/mol. The summed E-state index contributed by atoms with van der Waals surface area (Å²) in [6, 6.07) is 5.85. The molecule has 0 radical (unpaired) electrons. The summed E-state index contributed by atoms with van der Waals surface area (Å²) in [5, 5.41) is 8.10. The number of fused-ring (bicyclic) bond motifs is 1. The lowest BCUT2D eigenvalue weighted by atomic mass is 10.2. The van der Waals surface area contributed by atoms with Gasteiger partial charge in [-0.05, 0) is 24.3 Å². The van der Waals surface area contributed by atoms with E-state index in [2.05, 4.69) is 25.3 Å². The van der Waals surface area contributed by atoms with Crippen molar-refractivity contribution in [3.8, 4) is 0 Å². The second-order valence-corrected chi connectivity index (χ2v) is 9.62. The van der Waals surface area contributed by atoms with E-state index < -0.39 is 10.0 Å². The number of rotatable bonds is 7. The number of aromatic nitrogens is 4. The van der Waals surface area contributed by atoms with E-state index in [1.165, 1.54) is 44.7 Å². The normalized spacial score (nSPS) is 14.8. The summed E-state index contributed by atoms with van der Waals surface area (Å²) in [7, 11) is -0.607. The van der Waals surface area contributed by atoms with Gasteiger partial charge in [-0.3, -0.25) is 4.79 Å². The van der Waals surface area contributed by atoms with Gasteiger partial charge in [-0.15, -0.1) is 0 Å². The van der Waals surface area contributed by atoms with E-state index in [9.17, 15) is 13.2 Å². The second-order valence-electron chi connectivity index (χ2n) is 7.47. The molecule has 0 bridgehead atoms. The minimum atomic E-state index is -3.53. The topological polar surface area (TPSA) is 123 Å². The molecule has 3 aromatic rings. The maximum atomic E-state index is 12.4. The third kappa shape index (κ3) is 4.42. The van der Waals surface area contributed by atoms with Crippen molar-refractivity contribution in [3.05, 3.63) is 42.4 Å². The van der Waals surface area contributed by atoms with E-state index in [0.29, 0.717) is 37.5 Å². The molecule has 1 aromatic carbocycles. The molecule has 0 aliphatic carbocycles. The van der Waals surface area contributed by atoms with Crippen LogP contribution in [0, 0.1) is 0 Å². The van der Waals surface area contributed by atoms with Gasteiger partial charge in [0.1, 0.15) is 12.1 Å². The molecule has 1 aliphatic heterocycles. The summed E-state index contributed by atoms with van der Waals surface area (Å²) < 4.78 is 32.6. The van der Waals surface area contributed by atoms with Gasteiger partial charge < -0.3 is 15.0 Å². The van der Waals surface area contributed by atoms with E-state index in [-0.39, 0.29) is 10.8 Å². The fourth-order valence-corrected chi connectivity index (χ4v) is 4.34. The van der Waals surface area contributed by atoms with Gasteiger partial charge in [-0.2, -0.15) is 5.10 Å². The summed E-state index contributed by atoms with van der Waals surface area (Å²) in [5.41, 5.74) is 1.08. The highest BCUT2D eigenvalue weighted by Gasteiger charge is 2.19. The number of hydrogen-bond donors (Lipinski definition) is 1. The molecule has 12 heteroatoms. The highest BCUT2D eigenvalue weighted by atomic mass is 32.2. The van der Waals surface area contributed by atoms with Gasteiger partial charge in [0.15, 0.2) is 5.65 Å². The van der Waals surface area contributed by atoms with Gasteiger partial charge >= 0.3 is 0 Å². The van der Waals surface area contributed by atoms with Gasteiger partial charge in [0.05, 0.1) is 36.2 Å². The molecule has 0 spiro atoms. The number of carbonyl (C=O) groups is 1. The van der Waals surface area contributed by atoms with Crippen LogP contribution in [-0.2, 0) is 21.3 Å². The molecular formula is C20H25N7O4S. The molecule has 0 saturated carbocycles. The lowest BCUT2D eigenvalue weighted by molar-refractivity contribution is 0.0952. The number of morpholine rings is 1. The Morgan fingerprint density at radius 1 is 1.16 bits per heavy atom. The van der Waals surface area contributed by atoms with Crippen LogP contribution in [0.4, 0.5) is 5.82 Å². The van der Waals surface area contributed by atoms with Crippen LogP contribution in [0.15, 0.2) is 41.7 Å². The van der Waals surface area contributed by atoms with Gasteiger partial charge in [-0.25, -0.2) is 27.4 Å². The number of benzene rings is 1. The number of nitrogens with one attached hydrogen (secondary N) is 1. The van der Waals surface area contributed by atoms with Crippen molar-refractivity contribution < 1.29 is 17.9 Å². The minimum absolute atomic E-state index is 0.137. The Kier molecular flexibility index (Phi) is 6.35. The van der Waals surface area contributed by atoms with Crippen molar-refractivity contribution in [2.24, 2.45) is 0 Å². The lowest BCUT2D eigenvalue weighted by Crippen LogP contribution is -2.36. The smallest absolute Gasteiger partial charge is 0.251 e. The summed E-state index contributed by atoms with van der Waals surface area (Å²) in [4.78, 5) is 23.5. The average molecular weight is 460 g/mol. The number of carbonyl (C=O) groups excluding carboxylic acids is 1. The zero-order valence-electron chi connectivity index (χ0n) is 17.9. The molecule has 0 unspecified atom stereocenters. The minimum Gasteiger partial charge on any atom is -0.378 e. The average Bonchev–Trinajstić information content (AvgIpc) is 3.22. The number of nitrogens with zero attached hydrogens (tertiary/aromatic N) is 6. The predicted octanol–water partition coefficient (Wildman–Crippen LogP) is 0.343. The zero-order chi connectivity index (χ0) is 22.7. The molecule has 170 valence electrons. The van der Waals surface area contributed by atoms with Crippen LogP contribution in [0.2, 0.25) is 0 Å². The molecule has 1 amide bonds. The van der Waals surface area contributed by atoms with Crippen molar-refractivity contribution in [2.45, 2.75) is 11.4 Å². The zero-order valence-corrected chi connectivity index (χ0v) is 18.7.